The highest BCUT2D eigenvalue weighted by atomic mass is 31.1. The van der Waals surface area contributed by atoms with Crippen LogP contribution in [0.3, 0.4) is 0 Å². The van der Waals surface area contributed by atoms with Crippen molar-refractivity contribution in [3.8, 4) is 17.2 Å². The van der Waals surface area contributed by atoms with E-state index >= 15 is 0 Å². The smallest absolute Gasteiger partial charge is 0.135 e. The van der Waals surface area contributed by atoms with Crippen LogP contribution in [0, 0.1) is 0 Å². The molecule has 0 saturated heterocycles. The molecule has 6 heteroatoms. The first-order valence-electron chi connectivity index (χ1n) is 10.1. The zero-order valence-corrected chi connectivity index (χ0v) is 19.5. The van der Waals surface area contributed by atoms with E-state index in [0.29, 0.717) is 17.2 Å². The molecule has 0 aliphatic rings. The van der Waals surface area contributed by atoms with Crippen LogP contribution >= 0.6 is 8.07 Å². The van der Waals surface area contributed by atoms with Crippen LogP contribution in [0.4, 0.5) is 0 Å². The molecule has 5 nitrogen and oxygen atoms in total. The minimum atomic E-state index is -1.08. The molecule has 0 aliphatic heterocycles. The minimum Gasteiger partial charge on any atom is -0.496 e. The van der Waals surface area contributed by atoms with Crippen LogP contribution in [0.5, 0.6) is 17.2 Å². The Morgan fingerprint density at radius 2 is 1.32 bits per heavy atom. The van der Waals surface area contributed by atoms with E-state index in [1.54, 1.807) is 21.3 Å². The number of benzene rings is 3. The van der Waals surface area contributed by atoms with Gasteiger partial charge < -0.3 is 19.3 Å². The van der Waals surface area contributed by atoms with Gasteiger partial charge in [-0.05, 0) is 24.8 Å². The van der Waals surface area contributed by atoms with Crippen molar-refractivity contribution in [2.75, 3.05) is 28.4 Å². The van der Waals surface area contributed by atoms with Crippen molar-refractivity contribution in [3.05, 3.63) is 78.4 Å². The molecule has 0 aliphatic carbocycles. The van der Waals surface area contributed by atoms with Crippen molar-refractivity contribution in [3.63, 3.8) is 0 Å². The lowest BCUT2D eigenvalue weighted by Gasteiger charge is -2.37. The number of nitrogens with zero attached hydrogens (tertiary/aromatic N) is 1. The van der Waals surface area contributed by atoms with Crippen LogP contribution in [0.1, 0.15) is 18.6 Å². The summed E-state index contributed by atoms with van der Waals surface area (Å²) in [5.41, 5.74) is 0.888. The molecule has 0 saturated carbocycles. The summed E-state index contributed by atoms with van der Waals surface area (Å²) in [6.45, 7) is 2.04. The first kappa shape index (κ1) is 23.1. The molecule has 31 heavy (non-hydrogen) atoms. The Labute approximate surface area is 186 Å². The van der Waals surface area contributed by atoms with Crippen LogP contribution in [-0.2, 0) is 0 Å². The molecule has 0 spiro atoms. The maximum absolute atomic E-state index is 11.1. The zero-order valence-electron chi connectivity index (χ0n) is 18.6. The molecule has 3 aromatic carbocycles. The minimum absolute atomic E-state index is 0.162. The predicted molar refractivity (Wildman–Crippen MR) is 127 cm³/mol. The Morgan fingerprint density at radius 1 is 0.806 bits per heavy atom. The molecule has 0 unspecified atom stereocenters. The molecular weight excluding hydrogens is 409 g/mol. The van der Waals surface area contributed by atoms with Gasteiger partial charge in [0, 0.05) is 26.2 Å². The molecule has 164 valence electrons. The lowest BCUT2D eigenvalue weighted by Crippen LogP contribution is -2.36. The fourth-order valence-corrected chi connectivity index (χ4v) is 6.16. The molecule has 0 radical (unpaired) electrons. The van der Waals surface area contributed by atoms with Gasteiger partial charge in [0.15, 0.2) is 0 Å². The lowest BCUT2D eigenvalue weighted by molar-refractivity contribution is 0.110. The summed E-state index contributed by atoms with van der Waals surface area (Å²) in [6, 6.07) is 23.6. The Kier molecular flexibility index (Phi) is 7.91. The van der Waals surface area contributed by atoms with E-state index in [1.807, 2.05) is 74.6 Å². The number of likely N-dealkylation sites (N-methyl/N-ethyl adjacent to an activating group) is 1. The third-order valence-corrected chi connectivity index (χ3v) is 8.05. The summed E-state index contributed by atoms with van der Waals surface area (Å²) in [6.07, 6.45) is -0.643. The van der Waals surface area contributed by atoms with Gasteiger partial charge in [-0.2, -0.15) is 0 Å². The van der Waals surface area contributed by atoms with Gasteiger partial charge in [-0.15, -0.1) is 0 Å². The number of ether oxygens (including phenoxy) is 3. The number of methoxy groups -OCH3 is 3. The van der Waals surface area contributed by atoms with Gasteiger partial charge >= 0.3 is 0 Å². The molecule has 1 N–H and O–H groups in total. The number of hydrogen-bond acceptors (Lipinski definition) is 5. The average molecular weight is 439 g/mol. The number of hydrogen-bond donors (Lipinski definition) is 1. The normalized spacial score (nSPS) is 14.0. The van der Waals surface area contributed by atoms with Crippen molar-refractivity contribution >= 4 is 18.7 Å². The SMILES string of the molecule is COc1cc(OC)c([P@](c2ccccc2)N(C)[C@H](C)[C@@H](O)c2ccccc2)c(OC)c1. The average Bonchev–Trinajstić information content (AvgIpc) is 2.84. The molecule has 0 fully saturated rings. The maximum atomic E-state index is 11.1. The largest absolute Gasteiger partial charge is 0.496 e. The zero-order chi connectivity index (χ0) is 22.4. The van der Waals surface area contributed by atoms with E-state index in [2.05, 4.69) is 16.8 Å². The second-order valence-corrected chi connectivity index (χ2v) is 9.42. The van der Waals surface area contributed by atoms with Gasteiger partial charge in [0.05, 0.1) is 32.7 Å². The van der Waals surface area contributed by atoms with Gasteiger partial charge in [-0.1, -0.05) is 60.7 Å². The van der Waals surface area contributed by atoms with Crippen molar-refractivity contribution < 1.29 is 19.3 Å². The van der Waals surface area contributed by atoms with E-state index in [9.17, 15) is 5.11 Å². The summed E-state index contributed by atoms with van der Waals surface area (Å²) in [7, 11) is 5.89. The fraction of sp³-hybridized carbons (Fsp3) is 0.280. The van der Waals surface area contributed by atoms with E-state index in [-0.39, 0.29) is 6.04 Å². The maximum Gasteiger partial charge on any atom is 0.135 e. The highest BCUT2D eigenvalue weighted by Gasteiger charge is 2.32. The monoisotopic (exact) mass is 439 g/mol. The number of aliphatic hydroxyl groups excluding tert-OH is 1. The summed E-state index contributed by atoms with van der Waals surface area (Å²) < 4.78 is 19.2. The van der Waals surface area contributed by atoms with Crippen LogP contribution in [0.2, 0.25) is 0 Å². The predicted octanol–water partition coefficient (Wildman–Crippen LogP) is 4.11. The lowest BCUT2D eigenvalue weighted by atomic mass is 10.0. The van der Waals surface area contributed by atoms with E-state index in [0.717, 1.165) is 16.2 Å². The van der Waals surface area contributed by atoms with Gasteiger partial charge in [-0.25, -0.2) is 0 Å². The Morgan fingerprint density at radius 3 is 1.81 bits per heavy atom. The summed E-state index contributed by atoms with van der Waals surface area (Å²) in [4.78, 5) is 0. The second-order valence-electron chi connectivity index (χ2n) is 7.20. The fourth-order valence-electron chi connectivity index (χ4n) is 3.55. The molecule has 0 heterocycles. The Bertz CT molecular complexity index is 943. The van der Waals surface area contributed by atoms with E-state index < -0.39 is 14.2 Å². The van der Waals surface area contributed by atoms with Gasteiger partial charge in [0.1, 0.15) is 17.2 Å². The van der Waals surface area contributed by atoms with Crippen LogP contribution in [0.15, 0.2) is 72.8 Å². The Hall–Kier alpha value is -2.59. The third kappa shape index (κ3) is 5.01. The van der Waals surface area contributed by atoms with Crippen molar-refractivity contribution in [1.29, 1.82) is 0 Å². The highest BCUT2D eigenvalue weighted by molar-refractivity contribution is 7.71. The molecule has 3 atom stereocenters. The van der Waals surface area contributed by atoms with Crippen molar-refractivity contribution in [1.82, 2.24) is 4.67 Å². The molecule has 3 aromatic rings. The van der Waals surface area contributed by atoms with Gasteiger partial charge in [-0.3, -0.25) is 4.67 Å². The number of rotatable bonds is 9. The molecule has 0 amide bonds. The molecule has 0 aromatic heterocycles. The van der Waals surface area contributed by atoms with Crippen LogP contribution < -0.4 is 24.8 Å². The van der Waals surface area contributed by atoms with E-state index in [4.69, 9.17) is 14.2 Å². The Balaban J connectivity index is 2.12. The summed E-state index contributed by atoms with van der Waals surface area (Å²) in [5.74, 6) is 2.05. The first-order valence-corrected chi connectivity index (χ1v) is 11.4. The number of aliphatic hydroxyl groups is 1. The van der Waals surface area contributed by atoms with E-state index in [1.165, 1.54) is 0 Å². The quantitative estimate of drug-likeness (QED) is 0.509. The van der Waals surface area contributed by atoms with Crippen LogP contribution in [-0.4, -0.2) is 44.2 Å². The summed E-state index contributed by atoms with van der Waals surface area (Å²) >= 11 is 0. The molecule has 0 bridgehead atoms. The van der Waals surface area contributed by atoms with Crippen LogP contribution in [0.25, 0.3) is 0 Å². The third-order valence-electron chi connectivity index (χ3n) is 5.40. The highest BCUT2D eigenvalue weighted by Crippen LogP contribution is 2.47. The van der Waals surface area contributed by atoms with Gasteiger partial charge in [0.2, 0.25) is 0 Å². The molecule has 3 rings (SSSR count). The van der Waals surface area contributed by atoms with Crippen molar-refractivity contribution in [2.24, 2.45) is 0 Å². The molecular formula is C25H30NO4P. The standard InChI is InChI=1S/C25H30NO4P/c1-18(24(27)19-12-8-6-9-13-19)26(2)31(21-14-10-7-11-15-21)25-22(29-4)16-20(28-3)17-23(25)30-5/h6-18,24,27H,1-5H3/t18-,24-,31+/m1/s1. The first-order chi connectivity index (χ1) is 15.0. The topological polar surface area (TPSA) is 51.2 Å². The second kappa shape index (κ2) is 10.6. The van der Waals surface area contributed by atoms with Gasteiger partial charge in [0.25, 0.3) is 0 Å². The summed E-state index contributed by atoms with van der Waals surface area (Å²) in [5, 5.41) is 13.2. The van der Waals surface area contributed by atoms with Crippen molar-refractivity contribution in [2.45, 2.75) is 19.1 Å².